The van der Waals surface area contributed by atoms with Crippen LogP contribution in [0.5, 0.6) is 0 Å². The molecule has 0 fully saturated rings. The fourth-order valence-electron chi connectivity index (χ4n) is 1.75. The lowest BCUT2D eigenvalue weighted by Gasteiger charge is -2.13. The maximum atomic E-state index is 6.10. The Kier molecular flexibility index (Phi) is 4.15. The van der Waals surface area contributed by atoms with Crippen molar-refractivity contribution in [2.24, 2.45) is 0 Å². The van der Waals surface area contributed by atoms with Crippen molar-refractivity contribution >= 4 is 28.9 Å². The summed E-state index contributed by atoms with van der Waals surface area (Å²) in [4.78, 5) is 4.16. The Hall–Kier alpha value is -1.19. The lowest BCUT2D eigenvalue weighted by atomic mass is 10.3. The van der Waals surface area contributed by atoms with E-state index in [0.29, 0.717) is 22.6 Å². The predicted octanol–water partition coefficient (Wildman–Crippen LogP) is 4.38. The van der Waals surface area contributed by atoms with Gasteiger partial charge in [0.15, 0.2) is 0 Å². The topological polar surface area (TPSA) is 29.9 Å². The number of rotatable bonds is 4. The molecule has 1 heterocycles. The summed E-state index contributed by atoms with van der Waals surface area (Å²) < 4.78 is 2.12. The van der Waals surface area contributed by atoms with E-state index in [1.54, 1.807) is 12.1 Å². The lowest BCUT2D eigenvalue weighted by Crippen LogP contribution is -2.09. The van der Waals surface area contributed by atoms with Gasteiger partial charge in [-0.25, -0.2) is 4.98 Å². The van der Waals surface area contributed by atoms with Crippen molar-refractivity contribution in [3.63, 3.8) is 0 Å². The highest BCUT2D eigenvalue weighted by Crippen LogP contribution is 2.26. The summed E-state index contributed by atoms with van der Waals surface area (Å²) >= 11 is 12.0. The summed E-state index contributed by atoms with van der Waals surface area (Å²) in [7, 11) is 0. The minimum atomic E-state index is 0.388. The van der Waals surface area contributed by atoms with Crippen LogP contribution in [0.3, 0.4) is 0 Å². The van der Waals surface area contributed by atoms with Crippen LogP contribution in [0.25, 0.3) is 0 Å². The summed E-state index contributed by atoms with van der Waals surface area (Å²) in [5, 5.41) is 4.60. The molecule has 0 spiro atoms. The second kappa shape index (κ2) is 5.63. The summed E-state index contributed by atoms with van der Waals surface area (Å²) in [5.74, 6) is 0. The third-order valence-electron chi connectivity index (χ3n) is 2.69. The van der Waals surface area contributed by atoms with Crippen LogP contribution in [0.1, 0.15) is 25.6 Å². The lowest BCUT2D eigenvalue weighted by molar-refractivity contribution is 0.577. The summed E-state index contributed by atoms with van der Waals surface area (Å²) in [6.45, 7) is 4.91. The fraction of sp³-hybridized carbons (Fsp3) is 0.308. The molecule has 0 unspecified atom stereocenters. The van der Waals surface area contributed by atoms with Crippen molar-refractivity contribution in [2.75, 3.05) is 5.32 Å². The molecule has 1 aromatic carbocycles. The molecule has 0 saturated heterocycles. The Bertz CT molecular complexity index is 535. The maximum Gasteiger partial charge on any atom is 0.0951 e. The Labute approximate surface area is 117 Å². The van der Waals surface area contributed by atoms with Crippen LogP contribution in [0.15, 0.2) is 30.7 Å². The molecule has 2 aromatic rings. The van der Waals surface area contributed by atoms with E-state index in [1.165, 1.54) is 0 Å². The van der Waals surface area contributed by atoms with Gasteiger partial charge >= 0.3 is 0 Å². The molecule has 5 heteroatoms. The molecule has 0 aliphatic heterocycles. The van der Waals surface area contributed by atoms with Gasteiger partial charge in [-0.2, -0.15) is 0 Å². The molecule has 0 aliphatic carbocycles. The van der Waals surface area contributed by atoms with Gasteiger partial charge in [0, 0.05) is 17.3 Å². The number of imidazole rings is 1. The number of aromatic nitrogens is 2. The molecule has 96 valence electrons. The van der Waals surface area contributed by atoms with Gasteiger partial charge in [0.1, 0.15) is 0 Å². The molecule has 2 rings (SSSR count). The van der Waals surface area contributed by atoms with Gasteiger partial charge in [-0.15, -0.1) is 0 Å². The third kappa shape index (κ3) is 2.98. The molecule has 18 heavy (non-hydrogen) atoms. The van der Waals surface area contributed by atoms with Crippen LogP contribution < -0.4 is 5.32 Å². The smallest absolute Gasteiger partial charge is 0.0951 e. The maximum absolute atomic E-state index is 6.10. The monoisotopic (exact) mass is 283 g/mol. The van der Waals surface area contributed by atoms with Gasteiger partial charge in [0.05, 0.1) is 29.3 Å². The van der Waals surface area contributed by atoms with Gasteiger partial charge < -0.3 is 9.88 Å². The average Bonchev–Trinajstić information content (AvgIpc) is 2.79. The quantitative estimate of drug-likeness (QED) is 0.902. The van der Waals surface area contributed by atoms with Crippen LogP contribution >= 0.6 is 23.2 Å². The Morgan fingerprint density at radius 1 is 1.33 bits per heavy atom. The zero-order valence-corrected chi connectivity index (χ0v) is 11.8. The van der Waals surface area contributed by atoms with E-state index < -0.39 is 0 Å². The fourth-order valence-corrected chi connectivity index (χ4v) is 2.11. The van der Waals surface area contributed by atoms with Crippen LogP contribution in [-0.4, -0.2) is 9.55 Å². The van der Waals surface area contributed by atoms with Crippen molar-refractivity contribution in [3.05, 3.63) is 46.5 Å². The zero-order chi connectivity index (χ0) is 13.1. The standard InChI is InChI=1S/C13H15Cl2N3/c1-9(2)18-8-16-6-11(18)7-17-13-5-10(14)3-4-12(13)15/h3-6,8-9,17H,7H2,1-2H3. The molecule has 1 aromatic heterocycles. The van der Waals surface area contributed by atoms with Crippen LogP contribution in [0.4, 0.5) is 5.69 Å². The minimum Gasteiger partial charge on any atom is -0.378 e. The molecular weight excluding hydrogens is 269 g/mol. The van der Waals surface area contributed by atoms with E-state index >= 15 is 0 Å². The SMILES string of the molecule is CC(C)n1cncc1CNc1cc(Cl)ccc1Cl. The highest BCUT2D eigenvalue weighted by Gasteiger charge is 2.06. The largest absolute Gasteiger partial charge is 0.378 e. The van der Waals surface area contributed by atoms with Crippen molar-refractivity contribution in [2.45, 2.75) is 26.4 Å². The third-order valence-corrected chi connectivity index (χ3v) is 3.26. The van der Waals surface area contributed by atoms with E-state index in [9.17, 15) is 0 Å². The van der Waals surface area contributed by atoms with Crippen molar-refractivity contribution in [3.8, 4) is 0 Å². The Morgan fingerprint density at radius 3 is 2.83 bits per heavy atom. The first kappa shape index (κ1) is 13.2. The first-order valence-corrected chi connectivity index (χ1v) is 6.53. The van der Waals surface area contributed by atoms with Gasteiger partial charge in [0.25, 0.3) is 0 Å². The molecule has 0 aliphatic rings. The minimum absolute atomic E-state index is 0.388. The Morgan fingerprint density at radius 2 is 2.11 bits per heavy atom. The number of hydrogen-bond donors (Lipinski definition) is 1. The molecule has 0 bridgehead atoms. The van der Waals surface area contributed by atoms with Crippen LogP contribution in [0.2, 0.25) is 10.0 Å². The number of benzene rings is 1. The van der Waals surface area contributed by atoms with E-state index in [2.05, 4.69) is 28.7 Å². The van der Waals surface area contributed by atoms with Gasteiger partial charge in [0.2, 0.25) is 0 Å². The first-order valence-electron chi connectivity index (χ1n) is 5.77. The van der Waals surface area contributed by atoms with E-state index in [4.69, 9.17) is 23.2 Å². The molecule has 1 N–H and O–H groups in total. The van der Waals surface area contributed by atoms with Crippen molar-refractivity contribution in [1.82, 2.24) is 9.55 Å². The molecule has 0 radical (unpaired) electrons. The van der Waals surface area contributed by atoms with E-state index in [0.717, 1.165) is 11.4 Å². The average molecular weight is 284 g/mol. The van der Waals surface area contributed by atoms with Crippen LogP contribution in [-0.2, 0) is 6.54 Å². The predicted molar refractivity (Wildman–Crippen MR) is 76.4 cm³/mol. The first-order chi connectivity index (χ1) is 8.58. The summed E-state index contributed by atoms with van der Waals surface area (Å²) in [5.41, 5.74) is 1.95. The van der Waals surface area contributed by atoms with Crippen LogP contribution in [0, 0.1) is 0 Å². The highest BCUT2D eigenvalue weighted by molar-refractivity contribution is 6.35. The zero-order valence-electron chi connectivity index (χ0n) is 10.3. The highest BCUT2D eigenvalue weighted by atomic mass is 35.5. The number of nitrogens with one attached hydrogen (secondary N) is 1. The number of halogens is 2. The normalized spacial score (nSPS) is 10.9. The molecule has 0 atom stereocenters. The molecule has 0 amide bonds. The second-order valence-electron chi connectivity index (χ2n) is 4.36. The molecule has 3 nitrogen and oxygen atoms in total. The molecule has 0 saturated carbocycles. The number of anilines is 1. The van der Waals surface area contributed by atoms with Gasteiger partial charge in [-0.1, -0.05) is 23.2 Å². The second-order valence-corrected chi connectivity index (χ2v) is 5.21. The van der Waals surface area contributed by atoms with E-state index in [-0.39, 0.29) is 0 Å². The van der Waals surface area contributed by atoms with Crippen molar-refractivity contribution in [1.29, 1.82) is 0 Å². The van der Waals surface area contributed by atoms with E-state index in [1.807, 2.05) is 18.6 Å². The summed E-state index contributed by atoms with van der Waals surface area (Å²) in [6, 6.07) is 5.76. The van der Waals surface area contributed by atoms with Crippen molar-refractivity contribution < 1.29 is 0 Å². The van der Waals surface area contributed by atoms with Gasteiger partial charge in [-0.05, 0) is 32.0 Å². The number of hydrogen-bond acceptors (Lipinski definition) is 2. The summed E-state index contributed by atoms with van der Waals surface area (Å²) in [6.07, 6.45) is 3.69. The number of nitrogens with zero attached hydrogens (tertiary/aromatic N) is 2. The molecular formula is C13H15Cl2N3. The van der Waals surface area contributed by atoms with Gasteiger partial charge in [-0.3, -0.25) is 0 Å². The Balaban J connectivity index is 2.11.